The van der Waals surface area contributed by atoms with E-state index in [2.05, 4.69) is 4.98 Å². The van der Waals surface area contributed by atoms with Gasteiger partial charge in [-0.05, 0) is 68.2 Å². The average molecular weight is 470 g/mol. The number of nitrogens with one attached hydrogen (secondary N) is 1. The number of H-pyrrole nitrogens is 1. The van der Waals surface area contributed by atoms with Crippen LogP contribution in [0.2, 0.25) is 0 Å². The molecule has 10 heteroatoms. The van der Waals surface area contributed by atoms with Crippen molar-refractivity contribution < 1.29 is 17.6 Å². The number of thiophene rings is 1. The molecule has 0 saturated heterocycles. The maximum atomic E-state index is 15.3. The molecule has 0 spiro atoms. The molecule has 0 aliphatic heterocycles. The van der Waals surface area contributed by atoms with Gasteiger partial charge in [0.15, 0.2) is 0 Å². The number of aromatic amines is 1. The first-order valence-corrected chi connectivity index (χ1v) is 11.5. The van der Waals surface area contributed by atoms with Crippen molar-refractivity contribution >= 4 is 23.0 Å². The molecule has 32 heavy (non-hydrogen) atoms. The maximum absolute atomic E-state index is 15.3. The molecule has 0 aromatic carbocycles. The highest BCUT2D eigenvalue weighted by atomic mass is 32.1. The van der Waals surface area contributed by atoms with Crippen LogP contribution in [0.1, 0.15) is 53.5 Å². The van der Waals surface area contributed by atoms with E-state index in [1.54, 1.807) is 17.6 Å². The van der Waals surface area contributed by atoms with Crippen LogP contribution in [-0.2, 0) is 12.8 Å². The summed E-state index contributed by atoms with van der Waals surface area (Å²) < 4.78 is 56.2. The Labute approximate surface area is 184 Å². The second-order valence-corrected chi connectivity index (χ2v) is 10.2. The number of alkyl halides is 4. The monoisotopic (exact) mass is 469 g/mol. The first-order chi connectivity index (χ1) is 15.1. The Hall–Kier alpha value is -2.20. The molecule has 4 unspecified atom stereocenters. The summed E-state index contributed by atoms with van der Waals surface area (Å²) in [5.41, 5.74) is 5.75. The van der Waals surface area contributed by atoms with E-state index in [-0.39, 0.29) is 17.7 Å². The molecular weight excluding hydrogens is 446 g/mol. The summed E-state index contributed by atoms with van der Waals surface area (Å²) >= 11 is 1.41. The minimum Gasteiger partial charge on any atom is -0.320 e. The predicted molar refractivity (Wildman–Crippen MR) is 114 cm³/mol. The van der Waals surface area contributed by atoms with E-state index in [0.717, 1.165) is 23.3 Å². The smallest absolute Gasteiger partial charge is 0.320 e. The fourth-order valence-electron chi connectivity index (χ4n) is 5.12. The van der Waals surface area contributed by atoms with Crippen molar-refractivity contribution in [2.24, 2.45) is 11.7 Å². The van der Waals surface area contributed by atoms with Crippen molar-refractivity contribution in [3.8, 4) is 0 Å². The van der Waals surface area contributed by atoms with Crippen molar-refractivity contribution in [2.45, 2.75) is 69.4 Å². The van der Waals surface area contributed by atoms with E-state index in [1.165, 1.54) is 17.4 Å². The number of aryl methyl sites for hydroxylation is 1. The first kappa shape index (κ1) is 21.6. The maximum Gasteiger partial charge on any atom is 0.403 e. The van der Waals surface area contributed by atoms with Gasteiger partial charge < -0.3 is 5.73 Å². The summed E-state index contributed by atoms with van der Waals surface area (Å²) in [5, 5.41) is 0.652. The molecule has 0 amide bonds. The third kappa shape index (κ3) is 3.48. The lowest BCUT2D eigenvalue weighted by Gasteiger charge is -2.28. The molecule has 4 atom stereocenters. The Bertz CT molecular complexity index is 1320. The van der Waals surface area contributed by atoms with Gasteiger partial charge in [-0.3, -0.25) is 14.3 Å². The van der Waals surface area contributed by atoms with Gasteiger partial charge in [0.2, 0.25) is 0 Å². The highest BCUT2D eigenvalue weighted by Crippen LogP contribution is 2.42. The molecule has 0 radical (unpaired) electrons. The van der Waals surface area contributed by atoms with Gasteiger partial charge in [0.1, 0.15) is 12.2 Å². The largest absolute Gasteiger partial charge is 0.403 e. The lowest BCUT2D eigenvalue weighted by Crippen LogP contribution is -2.57. The van der Waals surface area contributed by atoms with Crippen LogP contribution in [-0.4, -0.2) is 27.9 Å². The number of halogens is 4. The molecule has 3 N–H and O–H groups in total. The molecular formula is C22H23F4N3O2S. The number of aromatic nitrogens is 2. The Balaban J connectivity index is 1.58. The lowest BCUT2D eigenvalue weighted by molar-refractivity contribution is -0.159. The van der Waals surface area contributed by atoms with E-state index in [1.807, 2.05) is 0 Å². The number of fused-ring (bicyclic) bond motifs is 2. The summed E-state index contributed by atoms with van der Waals surface area (Å²) in [6.45, 7) is 1.74. The molecule has 172 valence electrons. The van der Waals surface area contributed by atoms with Crippen LogP contribution in [0.3, 0.4) is 0 Å². The number of hydrogen-bond donors (Lipinski definition) is 2. The molecule has 5 nitrogen and oxygen atoms in total. The second kappa shape index (κ2) is 7.41. The second-order valence-electron chi connectivity index (χ2n) is 9.06. The summed E-state index contributed by atoms with van der Waals surface area (Å²) in [5.74, 6) is -1.38. The van der Waals surface area contributed by atoms with Gasteiger partial charge in [0, 0.05) is 15.8 Å². The molecule has 0 bridgehead atoms. The molecule has 5 rings (SSSR count). The number of nitrogens with two attached hydrogens (primary N) is 1. The van der Waals surface area contributed by atoms with Gasteiger partial charge >= 0.3 is 11.9 Å². The van der Waals surface area contributed by atoms with Crippen LogP contribution in [0.5, 0.6) is 0 Å². The van der Waals surface area contributed by atoms with Crippen LogP contribution in [0, 0.1) is 5.92 Å². The van der Waals surface area contributed by atoms with Gasteiger partial charge in [-0.15, -0.1) is 11.3 Å². The molecule has 2 aromatic rings. The number of nitrogens with zero attached hydrogens (tertiary/aromatic N) is 1. The van der Waals surface area contributed by atoms with Gasteiger partial charge in [-0.1, -0.05) is 0 Å². The van der Waals surface area contributed by atoms with E-state index >= 15 is 4.39 Å². The standard InChI is InChI=1S/C22H23F4N3O2S/c1-9-17(14(23)8-13-18(9)29(12-3-4-12)21(31)28-20(13)30)16-7-11-6-10(2-5-15(11)32-16)19(27)22(24,25)26/h7-8,10,12,14,17,19H,2-6,27H2,1H3,(H,28,30,31). The van der Waals surface area contributed by atoms with E-state index < -0.39 is 41.5 Å². The van der Waals surface area contributed by atoms with Crippen molar-refractivity contribution in [2.75, 3.05) is 0 Å². The normalized spacial score (nSPS) is 26.3. The Kier molecular flexibility index (Phi) is 5.01. The highest BCUT2D eigenvalue weighted by Gasteiger charge is 2.43. The molecule has 3 aliphatic rings. The lowest BCUT2D eigenvalue weighted by atomic mass is 9.82. The number of rotatable bonds is 3. The minimum absolute atomic E-state index is 0.00517. The minimum atomic E-state index is -4.45. The van der Waals surface area contributed by atoms with Crippen molar-refractivity contribution in [1.29, 1.82) is 0 Å². The Morgan fingerprint density at radius 2 is 1.97 bits per heavy atom. The van der Waals surface area contributed by atoms with Gasteiger partial charge in [-0.25, -0.2) is 9.18 Å². The third-order valence-electron chi connectivity index (χ3n) is 6.91. The zero-order valence-electron chi connectivity index (χ0n) is 17.3. The van der Waals surface area contributed by atoms with Gasteiger partial charge in [0.25, 0.3) is 5.56 Å². The van der Waals surface area contributed by atoms with Gasteiger partial charge in [-0.2, -0.15) is 13.2 Å². The topological polar surface area (TPSA) is 80.9 Å². The van der Waals surface area contributed by atoms with Gasteiger partial charge in [0.05, 0.1) is 16.5 Å². The SMILES string of the molecule is CC1=c2c(c(=O)[nH]c(=O)n2C2CC2)=CC(F)C1c1cc2c(s1)CCC(C(N)C(F)(F)F)C2. The van der Waals surface area contributed by atoms with Crippen LogP contribution in [0.15, 0.2) is 15.7 Å². The summed E-state index contributed by atoms with van der Waals surface area (Å²) in [6.07, 6.45) is -1.98. The van der Waals surface area contributed by atoms with Crippen molar-refractivity contribution in [1.82, 2.24) is 9.55 Å². The van der Waals surface area contributed by atoms with E-state index in [4.69, 9.17) is 5.73 Å². The first-order valence-electron chi connectivity index (χ1n) is 10.7. The fraction of sp³-hybridized carbons (Fsp3) is 0.545. The number of hydrogen-bond acceptors (Lipinski definition) is 4. The van der Waals surface area contributed by atoms with Crippen molar-refractivity contribution in [3.63, 3.8) is 0 Å². The van der Waals surface area contributed by atoms with Crippen molar-refractivity contribution in [3.05, 3.63) is 52.8 Å². The summed E-state index contributed by atoms with van der Waals surface area (Å²) in [4.78, 5) is 28.8. The zero-order valence-corrected chi connectivity index (χ0v) is 18.2. The molecule has 3 aliphatic carbocycles. The Morgan fingerprint density at radius 3 is 2.62 bits per heavy atom. The summed E-state index contributed by atoms with van der Waals surface area (Å²) in [6, 6.07) is -0.0908. The van der Waals surface area contributed by atoms with E-state index in [9.17, 15) is 22.8 Å². The van der Waals surface area contributed by atoms with Crippen LogP contribution in [0.25, 0.3) is 11.6 Å². The Morgan fingerprint density at radius 1 is 1.25 bits per heavy atom. The fourth-order valence-corrected chi connectivity index (χ4v) is 6.53. The van der Waals surface area contributed by atoms with Crippen LogP contribution < -0.4 is 27.6 Å². The van der Waals surface area contributed by atoms with Crippen LogP contribution in [0.4, 0.5) is 17.6 Å². The molecule has 1 fully saturated rings. The van der Waals surface area contributed by atoms with Crippen LogP contribution >= 0.6 is 11.3 Å². The quantitative estimate of drug-likeness (QED) is 0.675. The third-order valence-corrected chi connectivity index (χ3v) is 8.23. The highest BCUT2D eigenvalue weighted by molar-refractivity contribution is 7.12. The predicted octanol–water partition coefficient (Wildman–Crippen LogP) is 2.01. The average Bonchev–Trinajstić information content (AvgIpc) is 3.45. The molecule has 2 heterocycles. The zero-order chi connectivity index (χ0) is 22.9. The molecule has 1 saturated carbocycles. The van der Waals surface area contributed by atoms with E-state index in [0.29, 0.717) is 28.6 Å². The summed E-state index contributed by atoms with van der Waals surface area (Å²) in [7, 11) is 0. The molecule has 2 aromatic heterocycles.